The molecule has 0 aliphatic heterocycles. The van der Waals surface area contributed by atoms with E-state index < -0.39 is 7.87 Å². The first kappa shape index (κ1) is 15.2. The zero-order valence-electron chi connectivity index (χ0n) is 10.8. The van der Waals surface area contributed by atoms with Crippen molar-refractivity contribution in [2.75, 3.05) is 0 Å². The largest absolute Gasteiger partial charge is 0.471 e. The number of allylic oxidation sites excluding steroid dienone is 1. The van der Waals surface area contributed by atoms with Crippen molar-refractivity contribution < 1.29 is 8.85 Å². The predicted molar refractivity (Wildman–Crippen MR) is 68.1 cm³/mol. The van der Waals surface area contributed by atoms with E-state index in [1.807, 2.05) is 60.2 Å². The highest BCUT2D eigenvalue weighted by molar-refractivity contribution is 7.15. The molecule has 15 heavy (non-hydrogen) atoms. The Kier molecular flexibility index (Phi) is 5.05. The molecule has 0 saturated heterocycles. The highest BCUT2D eigenvalue weighted by Gasteiger charge is 2.40. The summed E-state index contributed by atoms with van der Waals surface area (Å²) in [6.45, 7) is 13.8. The molecule has 0 atom stereocenters. The van der Waals surface area contributed by atoms with Gasteiger partial charge in [0.2, 0.25) is 0 Å². The van der Waals surface area contributed by atoms with Crippen LogP contribution in [0.1, 0.15) is 48.5 Å². The van der Waals surface area contributed by atoms with E-state index in [9.17, 15) is 0 Å². The van der Waals surface area contributed by atoms with Gasteiger partial charge in [0, 0.05) is 0 Å². The van der Waals surface area contributed by atoms with Gasteiger partial charge in [-0.2, -0.15) is 0 Å². The van der Waals surface area contributed by atoms with Gasteiger partial charge < -0.3 is 8.85 Å². The standard InChI is InChI=1S/C11H23ClO2Si/c1-8-9-15(12,13-10(2,3)4)14-11(5,6)7/h8-9H,1-7H3. The summed E-state index contributed by atoms with van der Waals surface area (Å²) in [4.78, 5) is 0. The molecule has 0 N–H and O–H groups in total. The molecule has 0 aliphatic carbocycles. The van der Waals surface area contributed by atoms with E-state index in [1.54, 1.807) is 0 Å². The van der Waals surface area contributed by atoms with Crippen LogP contribution in [0, 0.1) is 0 Å². The quantitative estimate of drug-likeness (QED) is 0.559. The third-order valence-electron chi connectivity index (χ3n) is 1.26. The van der Waals surface area contributed by atoms with Crippen LogP contribution in [0.3, 0.4) is 0 Å². The maximum Gasteiger partial charge on any atom is 0.471 e. The molecule has 2 nitrogen and oxygen atoms in total. The average Bonchev–Trinajstić information content (AvgIpc) is 1.74. The van der Waals surface area contributed by atoms with Crippen LogP contribution in [-0.2, 0) is 8.85 Å². The maximum atomic E-state index is 6.42. The lowest BCUT2D eigenvalue weighted by atomic mass is 10.2. The van der Waals surface area contributed by atoms with Crippen LogP contribution in [0.2, 0.25) is 0 Å². The van der Waals surface area contributed by atoms with Gasteiger partial charge in [-0.1, -0.05) is 17.2 Å². The molecule has 0 radical (unpaired) electrons. The van der Waals surface area contributed by atoms with Gasteiger partial charge in [-0.15, -0.1) is 0 Å². The smallest absolute Gasteiger partial charge is 0.375 e. The summed E-state index contributed by atoms with van der Waals surface area (Å²) < 4.78 is 11.7. The van der Waals surface area contributed by atoms with E-state index in [0.29, 0.717) is 0 Å². The molecule has 0 bridgehead atoms. The lowest BCUT2D eigenvalue weighted by Gasteiger charge is -2.34. The van der Waals surface area contributed by atoms with Gasteiger partial charge in [0.05, 0.1) is 11.2 Å². The Morgan fingerprint density at radius 2 is 1.27 bits per heavy atom. The van der Waals surface area contributed by atoms with Crippen molar-refractivity contribution in [3.8, 4) is 0 Å². The molecule has 0 fully saturated rings. The zero-order chi connectivity index (χ0) is 12.3. The Hall–Kier alpha value is 0.167. The third-order valence-corrected chi connectivity index (χ3v) is 4.61. The molecule has 0 aromatic heterocycles. The topological polar surface area (TPSA) is 18.5 Å². The minimum atomic E-state index is -2.73. The van der Waals surface area contributed by atoms with Crippen LogP contribution in [0.4, 0.5) is 0 Å². The normalized spacial score (nSPS) is 14.9. The van der Waals surface area contributed by atoms with E-state index in [0.717, 1.165) is 0 Å². The molecule has 0 amide bonds. The number of halogens is 1. The summed E-state index contributed by atoms with van der Waals surface area (Å²) in [5.41, 5.74) is 1.27. The first-order valence-corrected chi connectivity index (χ1v) is 8.11. The fourth-order valence-corrected chi connectivity index (χ4v) is 5.14. The first-order valence-electron chi connectivity index (χ1n) is 5.20. The Labute approximate surface area is 99.6 Å². The van der Waals surface area contributed by atoms with Crippen molar-refractivity contribution in [3.63, 3.8) is 0 Å². The first-order chi connectivity index (χ1) is 6.47. The van der Waals surface area contributed by atoms with Gasteiger partial charge in [-0.05, 0) is 54.2 Å². The van der Waals surface area contributed by atoms with Gasteiger partial charge in [-0.3, -0.25) is 0 Å². The summed E-state index contributed by atoms with van der Waals surface area (Å²) in [5, 5.41) is 0. The van der Waals surface area contributed by atoms with E-state index in [-0.39, 0.29) is 11.2 Å². The van der Waals surface area contributed by atoms with Crippen LogP contribution < -0.4 is 0 Å². The highest BCUT2D eigenvalue weighted by Crippen LogP contribution is 2.27. The van der Waals surface area contributed by atoms with Gasteiger partial charge in [0.15, 0.2) is 0 Å². The molecule has 0 aromatic rings. The van der Waals surface area contributed by atoms with Gasteiger partial charge in [-0.25, -0.2) is 0 Å². The number of hydrogen-bond acceptors (Lipinski definition) is 2. The minimum Gasteiger partial charge on any atom is -0.375 e. The van der Waals surface area contributed by atoms with Crippen molar-refractivity contribution in [3.05, 3.63) is 11.8 Å². The predicted octanol–water partition coefficient (Wildman–Crippen LogP) is 3.91. The molecule has 0 saturated carbocycles. The Morgan fingerprint density at radius 3 is 1.47 bits per heavy atom. The van der Waals surface area contributed by atoms with Crippen molar-refractivity contribution in [1.82, 2.24) is 0 Å². The molecule has 0 aliphatic rings. The van der Waals surface area contributed by atoms with E-state index >= 15 is 0 Å². The minimum absolute atomic E-state index is 0.293. The molecule has 0 aromatic carbocycles. The lowest BCUT2D eigenvalue weighted by Crippen LogP contribution is -2.46. The maximum absolute atomic E-state index is 6.42. The van der Waals surface area contributed by atoms with Gasteiger partial charge in [0.1, 0.15) is 0 Å². The zero-order valence-corrected chi connectivity index (χ0v) is 12.6. The third kappa shape index (κ3) is 8.02. The molecular formula is C11H23ClO2Si. The second-order valence-corrected chi connectivity index (χ2v) is 9.00. The second kappa shape index (κ2) is 5.00. The van der Waals surface area contributed by atoms with Gasteiger partial charge in [0.25, 0.3) is 0 Å². The summed E-state index contributed by atoms with van der Waals surface area (Å²) >= 11 is 6.42. The van der Waals surface area contributed by atoms with Gasteiger partial charge >= 0.3 is 7.87 Å². The molecule has 90 valence electrons. The summed E-state index contributed by atoms with van der Waals surface area (Å²) in [7, 11) is -2.73. The van der Waals surface area contributed by atoms with Crippen molar-refractivity contribution >= 4 is 18.9 Å². The Balaban J connectivity index is 4.75. The van der Waals surface area contributed by atoms with E-state index in [4.69, 9.17) is 19.9 Å². The fraction of sp³-hybridized carbons (Fsp3) is 0.818. The van der Waals surface area contributed by atoms with Crippen molar-refractivity contribution in [1.29, 1.82) is 0 Å². The van der Waals surface area contributed by atoms with Crippen molar-refractivity contribution in [2.45, 2.75) is 59.7 Å². The number of hydrogen-bond donors (Lipinski definition) is 0. The lowest BCUT2D eigenvalue weighted by molar-refractivity contribution is 0.0332. The second-order valence-electron chi connectivity index (χ2n) is 5.51. The van der Waals surface area contributed by atoms with E-state index in [1.165, 1.54) is 0 Å². The molecule has 0 unspecified atom stereocenters. The number of rotatable bonds is 3. The molecule has 0 heterocycles. The van der Waals surface area contributed by atoms with E-state index in [2.05, 4.69) is 0 Å². The SMILES string of the molecule is CC=C[Si](Cl)(OC(C)(C)C)OC(C)(C)C. The summed E-state index contributed by atoms with van der Waals surface area (Å²) in [6, 6.07) is 0. The van der Waals surface area contributed by atoms with Crippen LogP contribution in [-0.4, -0.2) is 19.1 Å². The molecule has 0 rings (SSSR count). The van der Waals surface area contributed by atoms with Crippen LogP contribution in [0.25, 0.3) is 0 Å². The Morgan fingerprint density at radius 1 is 0.933 bits per heavy atom. The highest BCUT2D eigenvalue weighted by atomic mass is 35.6. The summed E-state index contributed by atoms with van der Waals surface area (Å²) in [5.74, 6) is 0. The molecular weight excluding hydrogens is 228 g/mol. The average molecular weight is 251 g/mol. The Bertz CT molecular complexity index is 210. The molecule has 4 heteroatoms. The molecule has 0 spiro atoms. The monoisotopic (exact) mass is 250 g/mol. The van der Waals surface area contributed by atoms with Crippen LogP contribution >= 0.6 is 11.1 Å². The fourth-order valence-electron chi connectivity index (χ4n) is 1.12. The van der Waals surface area contributed by atoms with Crippen LogP contribution in [0.5, 0.6) is 0 Å². The summed E-state index contributed by atoms with van der Waals surface area (Å²) in [6.07, 6.45) is 1.89. The van der Waals surface area contributed by atoms with Crippen molar-refractivity contribution in [2.24, 2.45) is 0 Å². The van der Waals surface area contributed by atoms with Crippen LogP contribution in [0.15, 0.2) is 11.8 Å².